The predicted molar refractivity (Wildman–Crippen MR) is 388 cm³/mol. The summed E-state index contributed by atoms with van der Waals surface area (Å²) in [6, 6.07) is 37.6. The van der Waals surface area contributed by atoms with Crippen LogP contribution >= 0.6 is 11.6 Å². The third-order valence-corrected chi connectivity index (χ3v) is 18.2. The number of nitrogens with zero attached hydrogens (tertiary/aromatic N) is 16. The van der Waals surface area contributed by atoms with Crippen molar-refractivity contribution in [2.75, 3.05) is 84.6 Å². The molecule has 3 aromatic carbocycles. The number of benzene rings is 3. The van der Waals surface area contributed by atoms with Gasteiger partial charge in [0.1, 0.15) is 52.8 Å². The number of hydrogen-bond acceptors (Lipinski definition) is 20. The van der Waals surface area contributed by atoms with E-state index in [1.807, 2.05) is 134 Å². The van der Waals surface area contributed by atoms with Gasteiger partial charge in [-0.1, -0.05) is 64.7 Å². The third kappa shape index (κ3) is 14.8. The lowest BCUT2D eigenvalue weighted by molar-refractivity contribution is 0.0984. The van der Waals surface area contributed by atoms with E-state index >= 15 is 0 Å². The molecule has 0 amide bonds. The molecule has 0 saturated carbocycles. The SMILES string of the molecule is C.C.C.C[C@H]1COCCN1c1nc(-c2ccc(Nc3cccc(=O)[nH]3)cc2)nc2c1CCn1ccnc1-2.C[C@H]1COCCN1c1nc(-c2ccc(Nc3cccc(OCc4ccccc4)n3)cc2)nc2c1CCn1ccnc1-2.C[C@H]1COCCN1c1nc(Cl)nc2c1CCn1ccnc1-2. The first-order chi connectivity index (χ1) is 47.1. The van der Waals surface area contributed by atoms with Gasteiger partial charge in [0.25, 0.3) is 0 Å². The van der Waals surface area contributed by atoms with Gasteiger partial charge in [-0.05, 0) is 118 Å². The Morgan fingerprint density at radius 3 is 1.42 bits per heavy atom. The van der Waals surface area contributed by atoms with Crippen LogP contribution in [0.5, 0.6) is 5.88 Å². The zero-order valence-electron chi connectivity index (χ0n) is 53.6. The molecule has 0 radical (unpaired) electrons. The van der Waals surface area contributed by atoms with Crippen LogP contribution in [0.3, 0.4) is 0 Å². The number of fused-ring (bicyclic) bond motifs is 9. The lowest BCUT2D eigenvalue weighted by atomic mass is 10.0. The van der Waals surface area contributed by atoms with Gasteiger partial charge in [0.15, 0.2) is 29.1 Å². The van der Waals surface area contributed by atoms with Crippen molar-refractivity contribution in [3.8, 4) is 63.2 Å². The van der Waals surface area contributed by atoms with Crippen LogP contribution in [0, 0.1) is 0 Å². The maximum atomic E-state index is 11.6. The molecule has 0 bridgehead atoms. The predicted octanol–water partition coefficient (Wildman–Crippen LogP) is 12.4. The fourth-order valence-corrected chi connectivity index (χ4v) is 13.2. The maximum absolute atomic E-state index is 11.6. The van der Waals surface area contributed by atoms with Crippen molar-refractivity contribution >= 4 is 52.1 Å². The number of hydrogen-bond donors (Lipinski definition) is 3. The van der Waals surface area contributed by atoms with Gasteiger partial charge in [-0.2, -0.15) is 4.98 Å². The highest BCUT2D eigenvalue weighted by atomic mass is 35.5. The largest absolute Gasteiger partial charge is 0.473 e. The number of H-pyrrole nitrogens is 1. The van der Waals surface area contributed by atoms with Gasteiger partial charge in [-0.25, -0.2) is 44.9 Å². The van der Waals surface area contributed by atoms with Crippen LogP contribution in [0.15, 0.2) is 157 Å². The van der Waals surface area contributed by atoms with E-state index in [0.29, 0.717) is 68.8 Å². The van der Waals surface area contributed by atoms with Gasteiger partial charge in [-0.15, -0.1) is 0 Å². The summed E-state index contributed by atoms with van der Waals surface area (Å²) in [5.41, 5.74) is 10.7. The van der Waals surface area contributed by atoms with Gasteiger partial charge in [0.2, 0.25) is 16.7 Å². The number of aromatic amines is 1. The first kappa shape index (κ1) is 68.5. The monoisotopic (exact) mass is 1350 g/mol. The molecule has 6 aliphatic heterocycles. The lowest BCUT2D eigenvalue weighted by Crippen LogP contribution is -2.45. The fourth-order valence-electron chi connectivity index (χ4n) is 13.1. The van der Waals surface area contributed by atoms with Crippen LogP contribution in [-0.4, -0.2) is 146 Å². The van der Waals surface area contributed by atoms with Gasteiger partial charge < -0.3 is 63.0 Å². The number of aromatic nitrogens is 14. The van der Waals surface area contributed by atoms with E-state index in [-0.39, 0.29) is 51.2 Å². The number of ether oxygens (including phenoxy) is 4. The molecule has 3 N–H and O–H groups in total. The number of anilines is 7. The van der Waals surface area contributed by atoms with Crippen LogP contribution in [0.1, 0.15) is 65.3 Å². The normalized spacial score (nSPS) is 17.1. The van der Waals surface area contributed by atoms with E-state index < -0.39 is 0 Å². The minimum absolute atomic E-state index is 0. The molecule has 8 aromatic heterocycles. The Hall–Kier alpha value is -10.4. The van der Waals surface area contributed by atoms with Crippen molar-refractivity contribution in [1.82, 2.24) is 68.5 Å². The van der Waals surface area contributed by atoms with Crippen LogP contribution in [0.4, 0.5) is 40.5 Å². The number of nitrogens with one attached hydrogen (secondary N) is 3. The third-order valence-electron chi connectivity index (χ3n) is 18.0. The van der Waals surface area contributed by atoms with Crippen molar-refractivity contribution in [2.24, 2.45) is 0 Å². The van der Waals surface area contributed by atoms with Crippen LogP contribution in [0.25, 0.3) is 57.3 Å². The minimum atomic E-state index is -0.146. The Bertz CT molecular complexity index is 4620. The topological polar surface area (TPSA) is 247 Å². The molecule has 0 unspecified atom stereocenters. The van der Waals surface area contributed by atoms with Crippen LogP contribution in [-0.2, 0) is 59.7 Å². The zero-order chi connectivity index (χ0) is 65.1. The highest BCUT2D eigenvalue weighted by Crippen LogP contribution is 2.39. The van der Waals surface area contributed by atoms with Gasteiger partial charge >= 0.3 is 0 Å². The average molecular weight is 1360 g/mol. The van der Waals surface area contributed by atoms with E-state index in [1.165, 1.54) is 11.6 Å². The van der Waals surface area contributed by atoms with E-state index in [2.05, 4.69) is 94.7 Å². The van der Waals surface area contributed by atoms with Gasteiger partial charge in [0, 0.05) is 128 Å². The lowest BCUT2D eigenvalue weighted by Gasteiger charge is -2.36. The average Bonchev–Trinajstić information content (AvgIpc) is 1.76. The second kappa shape index (κ2) is 30.6. The van der Waals surface area contributed by atoms with Crippen molar-refractivity contribution in [2.45, 2.75) is 107 Å². The number of rotatable bonds is 12. The second-order valence-electron chi connectivity index (χ2n) is 24.4. The Morgan fingerprint density at radius 1 is 0.495 bits per heavy atom. The maximum Gasteiger partial charge on any atom is 0.249 e. The highest BCUT2D eigenvalue weighted by molar-refractivity contribution is 6.28. The Morgan fingerprint density at radius 2 is 0.949 bits per heavy atom. The number of imidazole rings is 3. The molecule has 3 atom stereocenters. The number of pyridine rings is 2. The van der Waals surface area contributed by atoms with Gasteiger partial charge in [0.05, 0.1) is 57.8 Å². The first-order valence-electron chi connectivity index (χ1n) is 32.6. The Kier molecular flexibility index (Phi) is 21.2. The molecular weight excluding hydrogens is 1270 g/mol. The van der Waals surface area contributed by atoms with E-state index in [1.54, 1.807) is 12.3 Å². The molecule has 6 aliphatic rings. The Labute approximate surface area is 581 Å². The minimum Gasteiger partial charge on any atom is -0.473 e. The summed E-state index contributed by atoms with van der Waals surface area (Å²) in [4.78, 5) is 68.7. The van der Waals surface area contributed by atoms with E-state index in [9.17, 15) is 4.79 Å². The fraction of sp³-hybridized carbons (Fsp3) is 0.338. The van der Waals surface area contributed by atoms with Crippen molar-refractivity contribution in [1.29, 1.82) is 0 Å². The van der Waals surface area contributed by atoms with Crippen molar-refractivity contribution < 1.29 is 18.9 Å². The van der Waals surface area contributed by atoms with Crippen molar-refractivity contribution in [3.63, 3.8) is 0 Å². The summed E-state index contributed by atoms with van der Waals surface area (Å²) in [5.74, 6) is 8.86. The van der Waals surface area contributed by atoms with Crippen LogP contribution in [0.2, 0.25) is 5.28 Å². The summed E-state index contributed by atoms with van der Waals surface area (Å²) >= 11 is 6.17. The molecule has 11 aromatic rings. The molecule has 0 spiro atoms. The molecule has 3 fully saturated rings. The molecule has 17 rings (SSSR count). The number of aryl methyl sites for hydroxylation is 3. The Balaban J connectivity index is 0.000000145. The molecule has 99 heavy (non-hydrogen) atoms. The highest BCUT2D eigenvalue weighted by Gasteiger charge is 2.33. The summed E-state index contributed by atoms with van der Waals surface area (Å²) in [6.07, 6.45) is 14.1. The molecule has 25 heteroatoms. The molecule has 24 nitrogen and oxygen atoms in total. The smallest absolute Gasteiger partial charge is 0.249 e. The molecule has 512 valence electrons. The van der Waals surface area contributed by atoms with E-state index in [0.717, 1.165) is 156 Å². The van der Waals surface area contributed by atoms with Crippen molar-refractivity contribution in [3.05, 3.63) is 190 Å². The van der Waals surface area contributed by atoms with E-state index in [4.69, 9.17) is 50.5 Å². The summed E-state index contributed by atoms with van der Waals surface area (Å²) in [5, 5.41) is 6.88. The summed E-state index contributed by atoms with van der Waals surface area (Å²) < 4.78 is 29.2. The van der Waals surface area contributed by atoms with Gasteiger partial charge in [-0.3, -0.25) is 4.79 Å². The summed E-state index contributed by atoms with van der Waals surface area (Å²) in [6.45, 7) is 16.3. The number of morpholine rings is 3. The molecule has 0 aliphatic carbocycles. The second-order valence-corrected chi connectivity index (χ2v) is 24.8. The molecule has 3 saturated heterocycles. The molecular formula is C74H84ClN19O5. The zero-order valence-corrected chi connectivity index (χ0v) is 54.3. The van der Waals surface area contributed by atoms with Crippen LogP contribution < -0.4 is 35.6 Å². The quantitative estimate of drug-likeness (QED) is 0.0962. The summed E-state index contributed by atoms with van der Waals surface area (Å²) in [7, 11) is 0. The molecule has 14 heterocycles. The first-order valence-corrected chi connectivity index (χ1v) is 33.0. The standard InChI is InChI=1S/C32H31N7O2.C25H25N7O2.C14H16ClN5O.3CH4/c1-22-20-40-19-18-39(22)31-26-14-16-38-17-15-33-32(38)29(26)36-30(37-31)24-10-12-25(13-11-24)34-27-8-5-9-28(35-27)41-21-23-6-3-2-4-7-23;1-16-15-34-14-13-32(16)24-19-9-11-31-12-10-26-25(31)22(19)29-23(30-24)17-5-7-18(8-6-17)27-20-3-2-4-21(33)28-20;1-9-8-21-7-6-20(9)12-10-2-4-19-5-3-16-13(19)11(10)17-14(15)18-12;;;/h2-13,15,17,22H,14,16,18-21H2,1H3,(H,34,35);2-8,10,12,16H,9,11,13-15H2,1H3,(H2,27,28,33);3,5,9H,2,4,6-8H2,1H3;3*1H4/t22-;16-;9-;;;/m000.../s1. The number of halogens is 1.